The molecule has 0 aromatic heterocycles. The van der Waals surface area contributed by atoms with Crippen molar-refractivity contribution >= 4 is 17.3 Å². The third-order valence-corrected chi connectivity index (χ3v) is 3.55. The van der Waals surface area contributed by atoms with Crippen molar-refractivity contribution < 1.29 is 14.8 Å². The maximum Gasteiger partial charge on any atom is 0.317 e. The van der Waals surface area contributed by atoms with Crippen LogP contribution >= 0.6 is 0 Å². The molecule has 0 atom stereocenters. The lowest BCUT2D eigenvalue weighted by molar-refractivity contribution is -0.385. The largest absolute Gasteiger partial charge is 0.480 e. The van der Waals surface area contributed by atoms with E-state index in [4.69, 9.17) is 5.11 Å². The van der Waals surface area contributed by atoms with Crippen LogP contribution in [0.25, 0.3) is 0 Å². The fraction of sp³-hybridized carbons (Fsp3) is 0.462. The highest BCUT2D eigenvalue weighted by Gasteiger charge is 2.22. The van der Waals surface area contributed by atoms with Gasteiger partial charge < -0.3 is 10.0 Å². The Bertz CT molecular complexity index is 524. The Balaban J connectivity index is 2.09. The average molecular weight is 279 g/mol. The lowest BCUT2D eigenvalue weighted by atomic mass is 10.1. The summed E-state index contributed by atoms with van der Waals surface area (Å²) in [6.07, 6.45) is 0. The Morgan fingerprint density at radius 3 is 2.55 bits per heavy atom. The van der Waals surface area contributed by atoms with E-state index in [9.17, 15) is 14.9 Å². The van der Waals surface area contributed by atoms with Crippen molar-refractivity contribution in [3.05, 3.63) is 33.9 Å². The summed E-state index contributed by atoms with van der Waals surface area (Å²) in [7, 11) is 0. The second-order valence-electron chi connectivity index (χ2n) is 4.84. The van der Waals surface area contributed by atoms with Gasteiger partial charge in [-0.15, -0.1) is 0 Å². The van der Waals surface area contributed by atoms with Crippen LogP contribution in [0.2, 0.25) is 0 Å². The monoisotopic (exact) mass is 279 g/mol. The van der Waals surface area contributed by atoms with Crippen LogP contribution in [0.3, 0.4) is 0 Å². The molecule has 1 aliphatic heterocycles. The number of nitro benzene ring substituents is 1. The molecular formula is C13H17N3O4. The smallest absolute Gasteiger partial charge is 0.317 e. The minimum Gasteiger partial charge on any atom is -0.480 e. The van der Waals surface area contributed by atoms with Gasteiger partial charge in [0.2, 0.25) is 0 Å². The van der Waals surface area contributed by atoms with Gasteiger partial charge in [-0.05, 0) is 13.0 Å². The summed E-state index contributed by atoms with van der Waals surface area (Å²) in [6.45, 7) is 4.44. The van der Waals surface area contributed by atoms with Crippen LogP contribution in [0.15, 0.2) is 18.2 Å². The fourth-order valence-electron chi connectivity index (χ4n) is 2.49. The van der Waals surface area contributed by atoms with Crippen LogP contribution in [-0.2, 0) is 4.79 Å². The number of nitro groups is 1. The molecule has 2 rings (SSSR count). The Kier molecular flexibility index (Phi) is 4.19. The lowest BCUT2D eigenvalue weighted by Crippen LogP contribution is -2.48. The van der Waals surface area contributed by atoms with Gasteiger partial charge in [0.25, 0.3) is 5.69 Å². The number of carboxylic acid groups (broad SMARTS) is 1. The molecule has 20 heavy (non-hydrogen) atoms. The SMILES string of the molecule is Cc1c(N2CCN(CC(=O)O)CC2)cccc1[N+](=O)[O-]. The normalized spacial score (nSPS) is 16.1. The highest BCUT2D eigenvalue weighted by Crippen LogP contribution is 2.28. The zero-order valence-electron chi connectivity index (χ0n) is 11.3. The summed E-state index contributed by atoms with van der Waals surface area (Å²) in [5.74, 6) is -0.829. The van der Waals surface area contributed by atoms with Crippen molar-refractivity contribution in [2.75, 3.05) is 37.6 Å². The van der Waals surface area contributed by atoms with Crippen LogP contribution in [0.4, 0.5) is 11.4 Å². The van der Waals surface area contributed by atoms with Crippen LogP contribution in [0, 0.1) is 17.0 Å². The molecule has 1 heterocycles. The molecule has 0 spiro atoms. The molecule has 0 saturated carbocycles. The number of rotatable bonds is 4. The summed E-state index contributed by atoms with van der Waals surface area (Å²) >= 11 is 0. The molecule has 7 nitrogen and oxygen atoms in total. The number of carbonyl (C=O) groups is 1. The number of nitrogens with zero attached hydrogens (tertiary/aromatic N) is 3. The van der Waals surface area contributed by atoms with Crippen LogP contribution in [0.5, 0.6) is 0 Å². The first kappa shape index (κ1) is 14.3. The van der Waals surface area contributed by atoms with Crippen LogP contribution in [0.1, 0.15) is 5.56 Å². The van der Waals surface area contributed by atoms with E-state index in [0.717, 1.165) is 5.69 Å². The highest BCUT2D eigenvalue weighted by atomic mass is 16.6. The first-order chi connectivity index (χ1) is 9.49. The van der Waals surface area contributed by atoms with E-state index in [-0.39, 0.29) is 17.2 Å². The summed E-state index contributed by atoms with van der Waals surface area (Å²) in [5.41, 5.74) is 1.63. The molecule has 0 amide bonds. The van der Waals surface area contributed by atoms with Gasteiger partial charge in [0.05, 0.1) is 17.0 Å². The number of anilines is 1. The molecule has 7 heteroatoms. The molecule has 0 aliphatic carbocycles. The Morgan fingerprint density at radius 1 is 1.35 bits per heavy atom. The second-order valence-corrected chi connectivity index (χ2v) is 4.84. The standard InChI is InChI=1S/C13H17N3O4/c1-10-11(3-2-4-12(10)16(19)20)15-7-5-14(6-8-15)9-13(17)18/h2-4H,5-9H2,1H3,(H,17,18). The van der Waals surface area contributed by atoms with Gasteiger partial charge in [-0.25, -0.2) is 0 Å². The molecular weight excluding hydrogens is 262 g/mol. The van der Waals surface area contributed by atoms with E-state index in [1.165, 1.54) is 6.07 Å². The molecule has 0 bridgehead atoms. The van der Waals surface area contributed by atoms with Crippen LogP contribution in [-0.4, -0.2) is 53.6 Å². The predicted molar refractivity (Wildman–Crippen MR) is 74.1 cm³/mol. The summed E-state index contributed by atoms with van der Waals surface area (Å²) in [6, 6.07) is 5.05. The van der Waals surface area contributed by atoms with Gasteiger partial charge in [0.15, 0.2) is 0 Å². The number of hydrogen-bond acceptors (Lipinski definition) is 5. The quantitative estimate of drug-likeness (QED) is 0.656. The van der Waals surface area contributed by atoms with Gasteiger partial charge in [-0.3, -0.25) is 19.8 Å². The van der Waals surface area contributed by atoms with Gasteiger partial charge >= 0.3 is 5.97 Å². The molecule has 0 radical (unpaired) electrons. The zero-order valence-corrected chi connectivity index (χ0v) is 11.3. The lowest BCUT2D eigenvalue weighted by Gasteiger charge is -2.35. The Morgan fingerprint density at radius 2 is 2.00 bits per heavy atom. The number of piperazine rings is 1. The van der Waals surface area contributed by atoms with E-state index in [2.05, 4.69) is 4.90 Å². The van der Waals surface area contributed by atoms with Crippen LogP contribution < -0.4 is 4.90 Å². The third kappa shape index (κ3) is 3.05. The van der Waals surface area contributed by atoms with Gasteiger partial charge in [-0.2, -0.15) is 0 Å². The molecule has 1 aromatic carbocycles. The van der Waals surface area contributed by atoms with E-state index in [0.29, 0.717) is 31.7 Å². The van der Waals surface area contributed by atoms with Gasteiger partial charge in [-0.1, -0.05) is 6.07 Å². The van der Waals surface area contributed by atoms with E-state index < -0.39 is 5.97 Å². The number of benzene rings is 1. The fourth-order valence-corrected chi connectivity index (χ4v) is 2.49. The first-order valence-corrected chi connectivity index (χ1v) is 6.42. The topological polar surface area (TPSA) is 86.9 Å². The predicted octanol–water partition coefficient (Wildman–Crippen LogP) is 1.11. The first-order valence-electron chi connectivity index (χ1n) is 6.42. The summed E-state index contributed by atoms with van der Waals surface area (Å²) in [4.78, 5) is 25.2. The zero-order chi connectivity index (χ0) is 14.7. The molecule has 1 fully saturated rings. The molecule has 1 saturated heterocycles. The molecule has 108 valence electrons. The molecule has 1 aromatic rings. The van der Waals surface area contributed by atoms with Crippen molar-refractivity contribution in [2.45, 2.75) is 6.92 Å². The second kappa shape index (κ2) is 5.87. The van der Waals surface area contributed by atoms with Crippen molar-refractivity contribution in [1.82, 2.24) is 4.90 Å². The highest BCUT2D eigenvalue weighted by molar-refractivity contribution is 5.69. The Labute approximate surface area is 116 Å². The molecule has 0 unspecified atom stereocenters. The number of hydrogen-bond donors (Lipinski definition) is 1. The van der Waals surface area contributed by atoms with E-state index >= 15 is 0 Å². The van der Waals surface area contributed by atoms with E-state index in [1.54, 1.807) is 13.0 Å². The third-order valence-electron chi connectivity index (χ3n) is 3.55. The summed E-state index contributed by atoms with van der Waals surface area (Å²) in [5, 5.41) is 19.7. The van der Waals surface area contributed by atoms with Crippen molar-refractivity contribution in [1.29, 1.82) is 0 Å². The van der Waals surface area contributed by atoms with E-state index in [1.807, 2.05) is 11.0 Å². The number of aliphatic carboxylic acids is 1. The van der Waals surface area contributed by atoms with Gasteiger partial charge in [0.1, 0.15) is 0 Å². The Hall–Kier alpha value is -2.15. The molecule has 1 N–H and O–H groups in total. The minimum atomic E-state index is -0.829. The van der Waals surface area contributed by atoms with Gasteiger partial charge in [0, 0.05) is 37.9 Å². The average Bonchev–Trinajstić information content (AvgIpc) is 2.39. The maximum atomic E-state index is 10.9. The van der Waals surface area contributed by atoms with Crippen molar-refractivity contribution in [2.24, 2.45) is 0 Å². The maximum absolute atomic E-state index is 10.9. The van der Waals surface area contributed by atoms with Crippen molar-refractivity contribution in [3.63, 3.8) is 0 Å². The van der Waals surface area contributed by atoms with Crippen molar-refractivity contribution in [3.8, 4) is 0 Å². The molecule has 1 aliphatic rings. The number of carboxylic acids is 1. The summed E-state index contributed by atoms with van der Waals surface area (Å²) < 4.78 is 0. The minimum absolute atomic E-state index is 0.0434.